The van der Waals surface area contributed by atoms with Crippen LogP contribution in [0.5, 0.6) is 5.75 Å². The number of hydrogen-bond donors (Lipinski definition) is 0. The molecule has 7 heteroatoms. The Bertz CT molecular complexity index is 996. The van der Waals surface area contributed by atoms with Gasteiger partial charge in [0.05, 0.1) is 28.5 Å². The van der Waals surface area contributed by atoms with E-state index in [0.29, 0.717) is 28.0 Å². The number of hydrogen-bond acceptors (Lipinski definition) is 5. The number of ether oxygens (including phenoxy) is 1. The molecule has 28 heavy (non-hydrogen) atoms. The minimum Gasteiger partial charge on any atom is -0.487 e. The van der Waals surface area contributed by atoms with Crippen LogP contribution in [0.15, 0.2) is 35.1 Å². The van der Waals surface area contributed by atoms with Gasteiger partial charge in [0.25, 0.3) is 5.91 Å². The fourth-order valence-corrected chi connectivity index (χ4v) is 5.69. The van der Waals surface area contributed by atoms with Crippen molar-refractivity contribution < 1.29 is 9.53 Å². The minimum atomic E-state index is -0.262. The summed E-state index contributed by atoms with van der Waals surface area (Å²) < 4.78 is 6.91. The highest BCUT2D eigenvalue weighted by Crippen LogP contribution is 2.58. The molecule has 3 heterocycles. The van der Waals surface area contributed by atoms with Crippen molar-refractivity contribution in [1.82, 2.24) is 14.9 Å². The van der Waals surface area contributed by atoms with E-state index in [0.717, 1.165) is 5.69 Å². The van der Waals surface area contributed by atoms with E-state index in [1.165, 1.54) is 0 Å². The van der Waals surface area contributed by atoms with Crippen LogP contribution in [-0.2, 0) is 6.54 Å². The number of aromatic nitrogens is 2. The van der Waals surface area contributed by atoms with Gasteiger partial charge in [-0.15, -0.1) is 0 Å². The lowest BCUT2D eigenvalue weighted by Gasteiger charge is -2.65. The Morgan fingerprint density at radius 1 is 1.29 bits per heavy atom. The molecular weight excluding hydrogens is 420 g/mol. The van der Waals surface area contributed by atoms with Gasteiger partial charge in [-0.05, 0) is 34.1 Å². The molecule has 0 N–H and O–H groups in total. The Labute approximate surface area is 172 Å². The van der Waals surface area contributed by atoms with Gasteiger partial charge in [-0.1, -0.05) is 27.7 Å². The largest absolute Gasteiger partial charge is 0.487 e. The van der Waals surface area contributed by atoms with E-state index >= 15 is 0 Å². The normalized spacial score (nSPS) is 24.3. The molecule has 6 nitrogen and oxygen atoms in total. The molecule has 0 bridgehead atoms. The van der Waals surface area contributed by atoms with E-state index in [2.05, 4.69) is 53.6 Å². The quantitative estimate of drug-likeness (QED) is 0.721. The first-order chi connectivity index (χ1) is 13.2. The summed E-state index contributed by atoms with van der Waals surface area (Å²) >= 11 is 3.36. The van der Waals surface area contributed by atoms with Crippen LogP contribution in [0.25, 0.3) is 0 Å². The summed E-state index contributed by atoms with van der Waals surface area (Å²) in [6.07, 6.45) is 3.19. The van der Waals surface area contributed by atoms with Gasteiger partial charge < -0.3 is 9.64 Å². The third kappa shape index (κ3) is 2.62. The monoisotopic (exact) mass is 440 g/mol. The maximum Gasteiger partial charge on any atom is 0.256 e. The van der Waals surface area contributed by atoms with Crippen molar-refractivity contribution in [1.29, 1.82) is 5.26 Å². The SMILES string of the molecule is CC1(C)[C@H](Oc2cnc(C#N)c(Br)c2)C(C)(C)[C@H]1N1Cc2ncccc2C1=O. The van der Waals surface area contributed by atoms with E-state index in [-0.39, 0.29) is 28.9 Å². The average molecular weight is 441 g/mol. The van der Waals surface area contributed by atoms with Gasteiger partial charge in [-0.3, -0.25) is 9.78 Å². The van der Waals surface area contributed by atoms with Gasteiger partial charge in [-0.25, -0.2) is 4.98 Å². The lowest BCUT2D eigenvalue weighted by Crippen LogP contribution is -2.74. The zero-order valence-corrected chi connectivity index (χ0v) is 17.8. The first-order valence-electron chi connectivity index (χ1n) is 9.15. The van der Waals surface area contributed by atoms with Crippen LogP contribution in [-0.4, -0.2) is 32.9 Å². The third-order valence-electron chi connectivity index (χ3n) is 5.95. The van der Waals surface area contributed by atoms with Crippen LogP contribution in [0.3, 0.4) is 0 Å². The summed E-state index contributed by atoms with van der Waals surface area (Å²) in [5, 5.41) is 9.04. The highest BCUT2D eigenvalue weighted by atomic mass is 79.9. The van der Waals surface area contributed by atoms with Crippen LogP contribution in [0.4, 0.5) is 0 Å². The molecule has 2 aromatic rings. The van der Waals surface area contributed by atoms with Crippen LogP contribution in [0, 0.1) is 22.2 Å². The molecule has 0 aromatic carbocycles. The number of nitriles is 1. The highest BCUT2D eigenvalue weighted by Gasteiger charge is 2.67. The molecule has 2 aliphatic rings. The van der Waals surface area contributed by atoms with Crippen LogP contribution >= 0.6 is 15.9 Å². The molecule has 0 atom stereocenters. The summed E-state index contributed by atoms with van der Waals surface area (Å²) in [5.41, 5.74) is 1.33. The Morgan fingerprint density at radius 3 is 2.61 bits per heavy atom. The van der Waals surface area contributed by atoms with Gasteiger partial charge in [0, 0.05) is 23.1 Å². The molecule has 0 unspecified atom stereocenters. The molecular formula is C21H21BrN4O2. The van der Waals surface area contributed by atoms with Crippen molar-refractivity contribution in [2.24, 2.45) is 10.8 Å². The Balaban J connectivity index is 1.60. The van der Waals surface area contributed by atoms with Gasteiger partial charge in [0.1, 0.15) is 17.9 Å². The molecule has 0 radical (unpaired) electrons. The summed E-state index contributed by atoms with van der Waals surface area (Å²) in [6.45, 7) is 9.04. The summed E-state index contributed by atoms with van der Waals surface area (Å²) in [7, 11) is 0. The van der Waals surface area contributed by atoms with Crippen molar-refractivity contribution in [3.8, 4) is 11.8 Å². The smallest absolute Gasteiger partial charge is 0.256 e. The maximum atomic E-state index is 13.0. The molecule has 4 rings (SSSR count). The highest BCUT2D eigenvalue weighted by molar-refractivity contribution is 9.10. The van der Waals surface area contributed by atoms with E-state index in [1.54, 1.807) is 24.5 Å². The summed E-state index contributed by atoms with van der Waals surface area (Å²) in [5.74, 6) is 0.642. The second kappa shape index (κ2) is 6.28. The molecule has 0 spiro atoms. The Kier molecular flexibility index (Phi) is 4.23. The molecule has 2 aromatic heterocycles. The van der Waals surface area contributed by atoms with Crippen LogP contribution < -0.4 is 4.74 Å². The number of carbonyl (C=O) groups excluding carboxylic acids is 1. The van der Waals surface area contributed by atoms with E-state index in [9.17, 15) is 4.79 Å². The minimum absolute atomic E-state index is 0.0153. The van der Waals surface area contributed by atoms with E-state index in [1.807, 2.05) is 17.0 Å². The maximum absolute atomic E-state index is 13.0. The molecule has 0 saturated heterocycles. The lowest BCUT2D eigenvalue weighted by molar-refractivity contribution is -0.199. The van der Waals surface area contributed by atoms with Crippen LogP contribution in [0.2, 0.25) is 0 Å². The first kappa shape index (κ1) is 18.9. The molecule has 1 aliphatic carbocycles. The predicted molar refractivity (Wildman–Crippen MR) is 107 cm³/mol. The van der Waals surface area contributed by atoms with Crippen molar-refractivity contribution in [2.45, 2.75) is 46.4 Å². The zero-order chi connectivity index (χ0) is 20.3. The van der Waals surface area contributed by atoms with Crippen molar-refractivity contribution in [3.05, 3.63) is 52.0 Å². The van der Waals surface area contributed by atoms with Crippen molar-refractivity contribution in [3.63, 3.8) is 0 Å². The van der Waals surface area contributed by atoms with Gasteiger partial charge in [0.15, 0.2) is 5.69 Å². The van der Waals surface area contributed by atoms with E-state index in [4.69, 9.17) is 10.00 Å². The molecule has 1 saturated carbocycles. The number of halogens is 1. The number of nitrogens with zero attached hydrogens (tertiary/aromatic N) is 4. The molecule has 144 valence electrons. The Hall–Kier alpha value is -2.46. The fourth-order valence-electron chi connectivity index (χ4n) is 5.27. The zero-order valence-electron chi connectivity index (χ0n) is 16.2. The topological polar surface area (TPSA) is 79.1 Å². The van der Waals surface area contributed by atoms with Gasteiger partial charge in [-0.2, -0.15) is 5.26 Å². The van der Waals surface area contributed by atoms with Gasteiger partial charge >= 0.3 is 0 Å². The molecule has 1 fully saturated rings. The number of carbonyl (C=O) groups is 1. The number of pyridine rings is 2. The standard InChI is InChI=1S/C21H21BrN4O2/c1-20(2)18(26-11-16-13(17(26)27)6-5-7-24-16)21(3,4)19(20)28-12-8-14(22)15(9-23)25-10-12/h5-8,10,18-19H,11H2,1-4H3/t18-,19-. The molecule has 1 amide bonds. The number of amides is 1. The second-order valence-electron chi connectivity index (χ2n) is 8.59. The van der Waals surface area contributed by atoms with E-state index < -0.39 is 0 Å². The summed E-state index contributed by atoms with van der Waals surface area (Å²) in [4.78, 5) is 23.4. The third-order valence-corrected chi connectivity index (χ3v) is 6.55. The number of rotatable bonds is 3. The van der Waals surface area contributed by atoms with Crippen LogP contribution in [0.1, 0.15) is 49.4 Å². The predicted octanol–water partition coefficient (Wildman–Crippen LogP) is 3.95. The lowest BCUT2D eigenvalue weighted by atomic mass is 9.49. The first-order valence-corrected chi connectivity index (χ1v) is 9.94. The number of fused-ring (bicyclic) bond motifs is 1. The average Bonchev–Trinajstić information content (AvgIpc) is 2.95. The van der Waals surface area contributed by atoms with Crippen molar-refractivity contribution >= 4 is 21.8 Å². The van der Waals surface area contributed by atoms with Crippen molar-refractivity contribution in [2.75, 3.05) is 0 Å². The fraction of sp³-hybridized carbons (Fsp3) is 0.429. The Morgan fingerprint density at radius 2 is 2.00 bits per heavy atom. The second-order valence-corrected chi connectivity index (χ2v) is 9.44. The molecule has 1 aliphatic heterocycles. The summed E-state index contributed by atoms with van der Waals surface area (Å²) in [6, 6.07) is 7.46. The van der Waals surface area contributed by atoms with Gasteiger partial charge in [0.2, 0.25) is 0 Å².